The van der Waals surface area contributed by atoms with Gasteiger partial charge in [-0.15, -0.1) is 0 Å². The SMILES string of the molecule is BrC(c1ccc2c(c1)OCCO2)C1C2CCCCC21. The summed E-state index contributed by atoms with van der Waals surface area (Å²) in [5.74, 6) is 4.57. The maximum atomic E-state index is 5.69. The third-order valence-electron chi connectivity index (χ3n) is 4.95. The van der Waals surface area contributed by atoms with Crippen molar-refractivity contribution in [2.24, 2.45) is 17.8 Å². The number of ether oxygens (including phenoxy) is 2. The number of hydrogen-bond acceptors (Lipinski definition) is 2. The van der Waals surface area contributed by atoms with Crippen LogP contribution in [0, 0.1) is 17.8 Å². The molecule has 2 aliphatic carbocycles. The molecule has 2 saturated carbocycles. The summed E-state index contributed by atoms with van der Waals surface area (Å²) in [5, 5.41) is 0. The molecule has 1 heterocycles. The van der Waals surface area contributed by atoms with Crippen molar-refractivity contribution in [1.82, 2.24) is 0 Å². The van der Waals surface area contributed by atoms with E-state index in [0.717, 1.165) is 29.3 Å². The molecule has 0 spiro atoms. The van der Waals surface area contributed by atoms with Crippen LogP contribution in [0.1, 0.15) is 36.1 Å². The van der Waals surface area contributed by atoms with E-state index in [1.807, 2.05) is 0 Å². The van der Waals surface area contributed by atoms with E-state index < -0.39 is 0 Å². The first-order valence-corrected chi connectivity index (χ1v) is 8.30. The van der Waals surface area contributed by atoms with E-state index in [4.69, 9.17) is 9.47 Å². The van der Waals surface area contributed by atoms with Crippen molar-refractivity contribution < 1.29 is 9.47 Å². The van der Waals surface area contributed by atoms with Crippen LogP contribution in [-0.2, 0) is 0 Å². The molecule has 0 aromatic heterocycles. The van der Waals surface area contributed by atoms with Crippen molar-refractivity contribution in [1.29, 1.82) is 0 Å². The highest BCUT2D eigenvalue weighted by atomic mass is 79.9. The van der Waals surface area contributed by atoms with E-state index in [1.165, 1.54) is 31.2 Å². The first kappa shape index (κ1) is 12.1. The normalized spacial score (nSPS) is 33.4. The van der Waals surface area contributed by atoms with Crippen LogP contribution in [0.25, 0.3) is 0 Å². The van der Waals surface area contributed by atoms with Gasteiger partial charge < -0.3 is 9.47 Å². The Bertz CT molecular complexity index is 476. The second kappa shape index (κ2) is 4.69. The van der Waals surface area contributed by atoms with Gasteiger partial charge in [-0.2, -0.15) is 0 Å². The molecule has 0 amide bonds. The molecule has 2 fully saturated rings. The summed E-state index contributed by atoms with van der Waals surface area (Å²) in [6.07, 6.45) is 5.72. The molecular formula is C16H19BrO2. The second-order valence-electron chi connectivity index (χ2n) is 5.99. The number of benzene rings is 1. The fourth-order valence-electron chi connectivity index (χ4n) is 3.94. The summed E-state index contributed by atoms with van der Waals surface area (Å²) >= 11 is 3.93. The molecule has 3 heteroatoms. The van der Waals surface area contributed by atoms with E-state index in [0.29, 0.717) is 18.0 Å². The minimum Gasteiger partial charge on any atom is -0.486 e. The Balaban J connectivity index is 1.55. The van der Waals surface area contributed by atoms with Gasteiger partial charge in [-0.3, -0.25) is 0 Å². The highest BCUT2D eigenvalue weighted by Crippen LogP contribution is 2.62. The maximum absolute atomic E-state index is 5.69. The Labute approximate surface area is 122 Å². The van der Waals surface area contributed by atoms with Gasteiger partial charge in [0.25, 0.3) is 0 Å². The van der Waals surface area contributed by atoms with Gasteiger partial charge in [-0.05, 0) is 48.3 Å². The van der Waals surface area contributed by atoms with Gasteiger partial charge >= 0.3 is 0 Å². The molecule has 0 radical (unpaired) electrons. The lowest BCUT2D eigenvalue weighted by Crippen LogP contribution is -2.15. The van der Waals surface area contributed by atoms with Crippen LogP contribution in [0.4, 0.5) is 0 Å². The average molecular weight is 323 g/mol. The van der Waals surface area contributed by atoms with E-state index in [2.05, 4.69) is 34.1 Å². The van der Waals surface area contributed by atoms with E-state index in [1.54, 1.807) is 0 Å². The molecule has 1 aromatic rings. The highest BCUT2D eigenvalue weighted by Gasteiger charge is 2.53. The van der Waals surface area contributed by atoms with Crippen LogP contribution in [0.3, 0.4) is 0 Å². The maximum Gasteiger partial charge on any atom is 0.161 e. The van der Waals surface area contributed by atoms with Gasteiger partial charge in [-0.25, -0.2) is 0 Å². The summed E-state index contributed by atoms with van der Waals surface area (Å²) in [5.41, 5.74) is 1.35. The molecule has 19 heavy (non-hydrogen) atoms. The lowest BCUT2D eigenvalue weighted by Gasteiger charge is -2.20. The van der Waals surface area contributed by atoms with E-state index in [-0.39, 0.29) is 0 Å². The Morgan fingerprint density at radius 3 is 2.42 bits per heavy atom. The van der Waals surface area contributed by atoms with Crippen LogP contribution in [0.15, 0.2) is 18.2 Å². The smallest absolute Gasteiger partial charge is 0.161 e. The summed E-state index contributed by atoms with van der Waals surface area (Å²) in [6.45, 7) is 1.33. The first-order valence-electron chi connectivity index (χ1n) is 7.38. The van der Waals surface area contributed by atoms with Crippen LogP contribution >= 0.6 is 15.9 Å². The summed E-state index contributed by atoms with van der Waals surface area (Å²) in [4.78, 5) is 0.483. The van der Waals surface area contributed by atoms with Crippen molar-refractivity contribution >= 4 is 15.9 Å². The second-order valence-corrected chi connectivity index (χ2v) is 6.98. The van der Waals surface area contributed by atoms with Crippen molar-refractivity contribution in [2.75, 3.05) is 13.2 Å². The molecule has 0 bridgehead atoms. The molecule has 0 saturated heterocycles. The fourth-order valence-corrected chi connectivity index (χ4v) is 5.00. The summed E-state index contributed by atoms with van der Waals surface area (Å²) < 4.78 is 11.3. The average Bonchev–Trinajstić information content (AvgIpc) is 3.20. The molecular weight excluding hydrogens is 304 g/mol. The van der Waals surface area contributed by atoms with Crippen LogP contribution < -0.4 is 9.47 Å². The monoisotopic (exact) mass is 322 g/mol. The van der Waals surface area contributed by atoms with Crippen LogP contribution in [0.5, 0.6) is 11.5 Å². The van der Waals surface area contributed by atoms with Gasteiger partial charge in [0.15, 0.2) is 11.5 Å². The molecule has 0 N–H and O–H groups in total. The number of rotatable bonds is 2. The quantitative estimate of drug-likeness (QED) is 0.754. The Hall–Kier alpha value is -0.700. The summed E-state index contributed by atoms with van der Waals surface area (Å²) in [6, 6.07) is 6.42. The fraction of sp³-hybridized carbons (Fsp3) is 0.625. The Morgan fingerprint density at radius 1 is 1.00 bits per heavy atom. The number of halogens is 1. The largest absolute Gasteiger partial charge is 0.486 e. The third-order valence-corrected chi connectivity index (χ3v) is 6.08. The molecule has 2 nitrogen and oxygen atoms in total. The molecule has 102 valence electrons. The van der Waals surface area contributed by atoms with Crippen molar-refractivity contribution in [3.63, 3.8) is 0 Å². The highest BCUT2D eigenvalue weighted by molar-refractivity contribution is 9.09. The predicted octanol–water partition coefficient (Wildman–Crippen LogP) is 4.33. The number of alkyl halides is 1. The molecule has 3 atom stereocenters. The van der Waals surface area contributed by atoms with Gasteiger partial charge in [0.2, 0.25) is 0 Å². The van der Waals surface area contributed by atoms with Crippen LogP contribution in [-0.4, -0.2) is 13.2 Å². The van der Waals surface area contributed by atoms with Crippen molar-refractivity contribution in [2.45, 2.75) is 30.5 Å². The van der Waals surface area contributed by atoms with Gasteiger partial charge in [0.05, 0.1) is 0 Å². The number of hydrogen-bond donors (Lipinski definition) is 0. The molecule has 1 aromatic carbocycles. The van der Waals surface area contributed by atoms with E-state index in [9.17, 15) is 0 Å². The molecule has 3 aliphatic rings. The van der Waals surface area contributed by atoms with E-state index >= 15 is 0 Å². The summed E-state index contributed by atoms with van der Waals surface area (Å²) in [7, 11) is 0. The molecule has 1 aliphatic heterocycles. The minimum absolute atomic E-state index is 0.483. The lowest BCUT2D eigenvalue weighted by molar-refractivity contribution is 0.171. The van der Waals surface area contributed by atoms with Crippen LogP contribution in [0.2, 0.25) is 0 Å². The standard InChI is InChI=1S/C16H19BrO2/c17-16(15-11-3-1-2-4-12(11)15)10-5-6-13-14(9-10)19-8-7-18-13/h5-6,9,11-12,15-16H,1-4,7-8H2. The Morgan fingerprint density at radius 2 is 1.68 bits per heavy atom. The third kappa shape index (κ3) is 2.06. The topological polar surface area (TPSA) is 18.5 Å². The minimum atomic E-state index is 0.483. The Kier molecular flexibility index (Phi) is 2.98. The molecule has 4 rings (SSSR count). The zero-order valence-electron chi connectivity index (χ0n) is 11.0. The van der Waals surface area contributed by atoms with Crippen molar-refractivity contribution in [3.8, 4) is 11.5 Å². The first-order chi connectivity index (χ1) is 9.34. The van der Waals surface area contributed by atoms with Crippen molar-refractivity contribution in [3.05, 3.63) is 23.8 Å². The predicted molar refractivity (Wildman–Crippen MR) is 78.0 cm³/mol. The zero-order chi connectivity index (χ0) is 12.8. The zero-order valence-corrected chi connectivity index (χ0v) is 12.6. The van der Waals surface area contributed by atoms with Gasteiger partial charge in [-0.1, -0.05) is 34.8 Å². The lowest BCUT2D eigenvalue weighted by atomic mass is 10.0. The van der Waals surface area contributed by atoms with Gasteiger partial charge in [0.1, 0.15) is 13.2 Å². The van der Waals surface area contributed by atoms with Gasteiger partial charge in [0, 0.05) is 4.83 Å². The molecule has 3 unspecified atom stereocenters. The number of fused-ring (bicyclic) bond motifs is 2.